The van der Waals surface area contributed by atoms with E-state index in [9.17, 15) is 13.2 Å². The van der Waals surface area contributed by atoms with Crippen molar-refractivity contribution in [2.45, 2.75) is 17.7 Å². The van der Waals surface area contributed by atoms with Gasteiger partial charge in [-0.05, 0) is 43.2 Å². The Morgan fingerprint density at radius 3 is 2.18 bits per heavy atom. The smallest absolute Gasteiger partial charge is 0.255 e. The maximum atomic E-state index is 13.2. The number of carbonyl (C=O) groups excluding carboxylic acids is 1. The van der Waals surface area contributed by atoms with Crippen LogP contribution in [0.3, 0.4) is 0 Å². The molecule has 0 aromatic heterocycles. The number of hydrogen-bond donors (Lipinski definition) is 1. The van der Waals surface area contributed by atoms with Gasteiger partial charge in [-0.25, -0.2) is 8.42 Å². The fraction of sp³-hybridized carbons (Fsp3) is 0.435. The number of methoxy groups -OCH3 is 2. The Balaban J connectivity index is 1.69. The number of nitrogens with zero attached hydrogens (tertiary/aromatic N) is 2. The molecule has 178 valence electrons. The Bertz CT molecular complexity index is 1090. The van der Waals surface area contributed by atoms with Gasteiger partial charge < -0.3 is 24.4 Å². The van der Waals surface area contributed by atoms with Gasteiger partial charge in [-0.2, -0.15) is 4.31 Å². The highest BCUT2D eigenvalue weighted by Crippen LogP contribution is 2.33. The van der Waals surface area contributed by atoms with Crippen LogP contribution in [0, 0.1) is 0 Å². The minimum atomic E-state index is -3.70. The highest BCUT2D eigenvalue weighted by Gasteiger charge is 2.28. The van der Waals surface area contributed by atoms with Gasteiger partial charge in [-0.1, -0.05) is 0 Å². The number of benzene rings is 2. The van der Waals surface area contributed by atoms with E-state index >= 15 is 0 Å². The van der Waals surface area contributed by atoms with Gasteiger partial charge in [0.1, 0.15) is 11.5 Å². The number of rotatable bonds is 7. The second kappa shape index (κ2) is 9.98. The first-order valence-corrected chi connectivity index (χ1v) is 12.4. The molecule has 0 saturated carbocycles. The predicted octanol–water partition coefficient (Wildman–Crippen LogP) is 2.58. The van der Waals surface area contributed by atoms with Crippen LogP contribution in [0.5, 0.6) is 11.5 Å². The molecule has 0 spiro atoms. The Labute approximate surface area is 194 Å². The summed E-state index contributed by atoms with van der Waals surface area (Å²) in [6.45, 7) is 3.05. The first-order chi connectivity index (χ1) is 15.9. The van der Waals surface area contributed by atoms with Crippen molar-refractivity contribution in [2.24, 2.45) is 0 Å². The average Bonchev–Trinajstić information content (AvgIpc) is 3.39. The van der Waals surface area contributed by atoms with Crippen molar-refractivity contribution in [1.29, 1.82) is 0 Å². The maximum absolute atomic E-state index is 13.2. The van der Waals surface area contributed by atoms with Gasteiger partial charge in [0, 0.05) is 37.8 Å². The highest BCUT2D eigenvalue weighted by molar-refractivity contribution is 7.89. The number of nitrogens with one attached hydrogen (secondary N) is 1. The lowest BCUT2D eigenvalue weighted by Crippen LogP contribution is -2.40. The van der Waals surface area contributed by atoms with Crippen molar-refractivity contribution < 1.29 is 27.4 Å². The van der Waals surface area contributed by atoms with Gasteiger partial charge in [-0.15, -0.1) is 0 Å². The summed E-state index contributed by atoms with van der Waals surface area (Å²) in [6.07, 6.45) is 2.10. The molecule has 2 aromatic rings. The third kappa shape index (κ3) is 5.07. The summed E-state index contributed by atoms with van der Waals surface area (Å²) in [5, 5.41) is 2.92. The Kier molecular flexibility index (Phi) is 7.06. The fourth-order valence-corrected chi connectivity index (χ4v) is 5.51. The van der Waals surface area contributed by atoms with E-state index in [1.54, 1.807) is 36.4 Å². The quantitative estimate of drug-likeness (QED) is 0.657. The van der Waals surface area contributed by atoms with Crippen LogP contribution in [-0.2, 0) is 14.8 Å². The molecule has 0 atom stereocenters. The normalized spacial score (nSPS) is 17.1. The minimum Gasteiger partial charge on any atom is -0.497 e. The largest absolute Gasteiger partial charge is 0.497 e. The Morgan fingerprint density at radius 2 is 1.58 bits per heavy atom. The number of carbonyl (C=O) groups is 1. The number of amides is 1. The molecule has 33 heavy (non-hydrogen) atoms. The average molecular weight is 476 g/mol. The highest BCUT2D eigenvalue weighted by atomic mass is 32.2. The van der Waals surface area contributed by atoms with E-state index in [0.29, 0.717) is 49.1 Å². The molecular weight excluding hydrogens is 446 g/mol. The zero-order valence-corrected chi connectivity index (χ0v) is 19.7. The lowest BCUT2D eigenvalue weighted by atomic mass is 10.1. The molecule has 2 fully saturated rings. The number of ether oxygens (including phenoxy) is 3. The van der Waals surface area contributed by atoms with Crippen molar-refractivity contribution in [1.82, 2.24) is 4.31 Å². The summed E-state index contributed by atoms with van der Waals surface area (Å²) in [5.74, 6) is 0.597. The molecule has 2 heterocycles. The number of anilines is 2. The van der Waals surface area contributed by atoms with Gasteiger partial charge in [0.25, 0.3) is 5.91 Å². The molecule has 2 aliphatic rings. The Hall–Kier alpha value is -2.82. The molecule has 2 saturated heterocycles. The van der Waals surface area contributed by atoms with E-state index in [-0.39, 0.29) is 10.8 Å². The summed E-state index contributed by atoms with van der Waals surface area (Å²) in [7, 11) is -0.672. The topological polar surface area (TPSA) is 97.4 Å². The van der Waals surface area contributed by atoms with Crippen LogP contribution in [0.2, 0.25) is 0 Å². The fourth-order valence-electron chi connectivity index (χ4n) is 4.08. The standard InChI is InChI=1S/C23H29N3O6S/c1-30-18-13-17(14-19(15-18)31-2)23(27)24-21-16-20(5-6-22(21)25-7-3-4-8-25)33(28,29)26-9-11-32-12-10-26/h5-6,13-16H,3-4,7-12H2,1-2H3,(H,24,27). The minimum absolute atomic E-state index is 0.144. The van der Waals surface area contributed by atoms with Gasteiger partial charge in [0.15, 0.2) is 0 Å². The molecule has 2 aromatic carbocycles. The molecule has 0 aliphatic carbocycles. The van der Waals surface area contributed by atoms with Gasteiger partial charge in [-0.3, -0.25) is 4.79 Å². The van der Waals surface area contributed by atoms with Crippen LogP contribution < -0.4 is 19.7 Å². The van der Waals surface area contributed by atoms with E-state index in [1.807, 2.05) is 0 Å². The van der Waals surface area contributed by atoms with Gasteiger partial charge in [0.05, 0.1) is 43.7 Å². The summed E-state index contributed by atoms with van der Waals surface area (Å²) in [6, 6.07) is 9.85. The number of hydrogen-bond acceptors (Lipinski definition) is 7. The first kappa shape index (κ1) is 23.3. The van der Waals surface area contributed by atoms with Crippen LogP contribution >= 0.6 is 0 Å². The molecule has 0 bridgehead atoms. The molecule has 4 rings (SSSR count). The van der Waals surface area contributed by atoms with Crippen molar-refractivity contribution in [3.63, 3.8) is 0 Å². The predicted molar refractivity (Wildman–Crippen MR) is 125 cm³/mol. The van der Waals surface area contributed by atoms with Crippen molar-refractivity contribution in [3.8, 4) is 11.5 Å². The SMILES string of the molecule is COc1cc(OC)cc(C(=O)Nc2cc(S(=O)(=O)N3CCOCC3)ccc2N2CCCC2)c1. The third-order valence-corrected chi connectivity index (χ3v) is 7.78. The monoisotopic (exact) mass is 475 g/mol. The second-order valence-corrected chi connectivity index (χ2v) is 9.88. The summed E-state index contributed by atoms with van der Waals surface area (Å²) < 4.78 is 43.7. The first-order valence-electron chi connectivity index (χ1n) is 10.9. The van der Waals surface area contributed by atoms with Crippen LogP contribution in [0.25, 0.3) is 0 Å². The third-order valence-electron chi connectivity index (χ3n) is 5.88. The second-order valence-electron chi connectivity index (χ2n) is 7.95. The summed E-state index contributed by atoms with van der Waals surface area (Å²) in [4.78, 5) is 15.5. The van der Waals surface area contributed by atoms with Crippen molar-refractivity contribution in [3.05, 3.63) is 42.0 Å². The van der Waals surface area contributed by atoms with E-state index in [2.05, 4.69) is 10.2 Å². The summed E-state index contributed by atoms with van der Waals surface area (Å²) in [5.41, 5.74) is 1.61. The van der Waals surface area contributed by atoms with Crippen LogP contribution in [0.4, 0.5) is 11.4 Å². The molecular formula is C23H29N3O6S. The van der Waals surface area contributed by atoms with Crippen LogP contribution in [0.15, 0.2) is 41.3 Å². The van der Waals surface area contributed by atoms with E-state index in [1.165, 1.54) is 18.5 Å². The zero-order valence-electron chi connectivity index (χ0n) is 18.9. The van der Waals surface area contributed by atoms with E-state index in [4.69, 9.17) is 14.2 Å². The van der Waals surface area contributed by atoms with Crippen LogP contribution in [0.1, 0.15) is 23.2 Å². The molecule has 1 amide bonds. The van der Waals surface area contributed by atoms with Crippen LogP contribution in [-0.4, -0.2) is 72.2 Å². The molecule has 0 radical (unpaired) electrons. The molecule has 0 unspecified atom stereocenters. The molecule has 9 nitrogen and oxygen atoms in total. The van der Waals surface area contributed by atoms with Gasteiger partial charge in [0.2, 0.25) is 10.0 Å². The molecule has 10 heteroatoms. The number of sulfonamides is 1. The van der Waals surface area contributed by atoms with Crippen molar-refractivity contribution in [2.75, 3.05) is 63.8 Å². The molecule has 1 N–H and O–H groups in total. The molecule has 2 aliphatic heterocycles. The lowest BCUT2D eigenvalue weighted by Gasteiger charge is -2.27. The maximum Gasteiger partial charge on any atom is 0.255 e. The number of morpholine rings is 1. The van der Waals surface area contributed by atoms with E-state index in [0.717, 1.165) is 31.6 Å². The zero-order chi connectivity index (χ0) is 23.4. The Morgan fingerprint density at radius 1 is 0.939 bits per heavy atom. The summed E-state index contributed by atoms with van der Waals surface area (Å²) >= 11 is 0. The lowest BCUT2D eigenvalue weighted by molar-refractivity contribution is 0.0730. The van der Waals surface area contributed by atoms with E-state index < -0.39 is 10.0 Å². The van der Waals surface area contributed by atoms with Crippen molar-refractivity contribution >= 4 is 27.3 Å². The van der Waals surface area contributed by atoms with Gasteiger partial charge >= 0.3 is 0 Å².